The van der Waals surface area contributed by atoms with Gasteiger partial charge < -0.3 is 0 Å². The van der Waals surface area contributed by atoms with Crippen molar-refractivity contribution in [2.24, 2.45) is 5.92 Å². The summed E-state index contributed by atoms with van der Waals surface area (Å²) in [6, 6.07) is 6.75. The van der Waals surface area contributed by atoms with Crippen molar-refractivity contribution in [3.8, 4) is 0 Å². The first-order valence-electron chi connectivity index (χ1n) is 5.98. The average Bonchev–Trinajstić information content (AvgIpc) is 2.38. The minimum absolute atomic E-state index is 0.309. The second-order valence-corrected chi connectivity index (χ2v) is 7.14. The molecule has 0 saturated carbocycles. The summed E-state index contributed by atoms with van der Waals surface area (Å²) in [6.45, 7) is 0.513. The molecule has 1 unspecified atom stereocenters. The van der Waals surface area contributed by atoms with Gasteiger partial charge in [0.1, 0.15) is 0 Å². The van der Waals surface area contributed by atoms with Crippen molar-refractivity contribution in [3.05, 3.63) is 40.9 Å². The Balaban J connectivity index is 2.01. The van der Waals surface area contributed by atoms with Gasteiger partial charge in [-0.05, 0) is 43.4 Å². The fraction of sp³-hybridized carbons (Fsp3) is 0.385. The number of allylic oxidation sites excluding steroid dienone is 2. The lowest BCUT2D eigenvalue weighted by Crippen LogP contribution is -2.29. The summed E-state index contributed by atoms with van der Waals surface area (Å²) >= 11 is 3.28. The third-order valence-electron chi connectivity index (χ3n) is 3.05. The summed E-state index contributed by atoms with van der Waals surface area (Å²) in [5, 5.41) is 0. The Morgan fingerprint density at radius 1 is 1.33 bits per heavy atom. The molecule has 98 valence electrons. The molecule has 1 atom stereocenters. The van der Waals surface area contributed by atoms with Crippen LogP contribution >= 0.6 is 15.9 Å². The predicted octanol–water partition coefficient (Wildman–Crippen LogP) is 3.08. The molecule has 18 heavy (non-hydrogen) atoms. The van der Waals surface area contributed by atoms with Gasteiger partial charge in [-0.1, -0.05) is 34.1 Å². The maximum atomic E-state index is 12.1. The first kappa shape index (κ1) is 13.8. The zero-order valence-corrected chi connectivity index (χ0v) is 12.4. The van der Waals surface area contributed by atoms with E-state index in [4.69, 9.17) is 0 Å². The van der Waals surface area contributed by atoms with E-state index in [0.29, 0.717) is 17.4 Å². The van der Waals surface area contributed by atoms with Crippen molar-refractivity contribution in [1.82, 2.24) is 4.72 Å². The molecule has 0 amide bonds. The van der Waals surface area contributed by atoms with Crippen molar-refractivity contribution in [1.29, 1.82) is 0 Å². The van der Waals surface area contributed by atoms with Crippen LogP contribution in [0.25, 0.3) is 0 Å². The Bertz CT molecular complexity index is 540. The van der Waals surface area contributed by atoms with E-state index in [1.807, 2.05) is 6.07 Å². The largest absolute Gasteiger partial charge is 0.240 e. The first-order chi connectivity index (χ1) is 8.58. The monoisotopic (exact) mass is 329 g/mol. The highest BCUT2D eigenvalue weighted by Gasteiger charge is 2.17. The Kier molecular flexibility index (Phi) is 4.59. The highest BCUT2D eigenvalue weighted by Crippen LogP contribution is 2.19. The van der Waals surface area contributed by atoms with Crippen LogP contribution in [0.4, 0.5) is 0 Å². The van der Waals surface area contributed by atoms with E-state index in [-0.39, 0.29) is 0 Å². The average molecular weight is 330 g/mol. The molecule has 1 aromatic rings. The smallest absolute Gasteiger partial charge is 0.211 e. The Morgan fingerprint density at radius 2 is 2.17 bits per heavy atom. The standard InChI is InChI=1S/C13H16BrNO2S/c14-12-7-4-8-13(9-12)18(16,17)15-10-11-5-2-1-3-6-11/h1-2,4,7-9,11,15H,3,5-6,10H2. The zero-order valence-electron chi connectivity index (χ0n) is 9.97. The third kappa shape index (κ3) is 3.67. The van der Waals surface area contributed by atoms with Gasteiger partial charge in [0, 0.05) is 11.0 Å². The van der Waals surface area contributed by atoms with E-state index in [9.17, 15) is 8.42 Å². The lowest BCUT2D eigenvalue weighted by molar-refractivity contribution is 0.468. The summed E-state index contributed by atoms with van der Waals surface area (Å²) in [4.78, 5) is 0.309. The number of sulfonamides is 1. The van der Waals surface area contributed by atoms with Crippen molar-refractivity contribution in [2.75, 3.05) is 6.54 Å². The molecule has 0 saturated heterocycles. The fourth-order valence-corrected chi connectivity index (χ4v) is 3.70. The van der Waals surface area contributed by atoms with Crippen LogP contribution in [-0.2, 0) is 10.0 Å². The van der Waals surface area contributed by atoms with Crippen LogP contribution in [0.2, 0.25) is 0 Å². The lowest BCUT2D eigenvalue weighted by Gasteiger charge is -2.18. The number of nitrogens with one attached hydrogen (secondary N) is 1. The Hall–Kier alpha value is -0.650. The van der Waals surface area contributed by atoms with E-state index in [1.165, 1.54) is 0 Å². The summed E-state index contributed by atoms with van der Waals surface area (Å²) in [6.07, 6.45) is 7.34. The Labute approximate surface area is 116 Å². The van der Waals surface area contributed by atoms with Gasteiger partial charge >= 0.3 is 0 Å². The molecule has 1 aliphatic rings. The van der Waals surface area contributed by atoms with Crippen molar-refractivity contribution in [3.63, 3.8) is 0 Å². The molecule has 0 spiro atoms. The van der Waals surface area contributed by atoms with Gasteiger partial charge in [-0.3, -0.25) is 0 Å². The maximum Gasteiger partial charge on any atom is 0.240 e. The summed E-state index contributed by atoms with van der Waals surface area (Å²) in [5.74, 6) is 0.414. The second kappa shape index (κ2) is 5.99. The van der Waals surface area contributed by atoms with Crippen LogP contribution in [0, 0.1) is 5.92 Å². The minimum Gasteiger partial charge on any atom is -0.211 e. The molecule has 0 aromatic heterocycles. The highest BCUT2D eigenvalue weighted by molar-refractivity contribution is 9.10. The third-order valence-corrected chi connectivity index (χ3v) is 4.96. The van der Waals surface area contributed by atoms with Crippen molar-refractivity contribution < 1.29 is 8.42 Å². The summed E-state index contributed by atoms with van der Waals surface area (Å²) in [7, 11) is -3.39. The van der Waals surface area contributed by atoms with Gasteiger partial charge in [-0.25, -0.2) is 13.1 Å². The number of hydrogen-bond donors (Lipinski definition) is 1. The highest BCUT2D eigenvalue weighted by atomic mass is 79.9. The summed E-state index contributed by atoms with van der Waals surface area (Å²) < 4.78 is 27.6. The van der Waals surface area contributed by atoms with Gasteiger partial charge in [-0.2, -0.15) is 0 Å². The molecule has 3 nitrogen and oxygen atoms in total. The SMILES string of the molecule is O=S(=O)(NCC1CC=CCC1)c1cccc(Br)c1. The van der Waals surface area contributed by atoms with Crippen LogP contribution in [0.5, 0.6) is 0 Å². The molecule has 1 aromatic carbocycles. The topological polar surface area (TPSA) is 46.2 Å². The zero-order chi connectivity index (χ0) is 13.0. The number of halogens is 1. The molecular formula is C13H16BrNO2S. The van der Waals surface area contributed by atoms with Gasteiger partial charge in [0.15, 0.2) is 0 Å². The molecule has 0 radical (unpaired) electrons. The number of rotatable bonds is 4. The van der Waals surface area contributed by atoms with E-state index in [0.717, 1.165) is 23.7 Å². The van der Waals surface area contributed by atoms with Crippen LogP contribution in [-0.4, -0.2) is 15.0 Å². The maximum absolute atomic E-state index is 12.1. The van der Waals surface area contributed by atoms with Gasteiger partial charge in [0.2, 0.25) is 10.0 Å². The summed E-state index contributed by atoms with van der Waals surface area (Å²) in [5.41, 5.74) is 0. The molecule has 1 N–H and O–H groups in total. The minimum atomic E-state index is -3.39. The van der Waals surface area contributed by atoms with E-state index in [1.54, 1.807) is 18.2 Å². The van der Waals surface area contributed by atoms with Gasteiger partial charge in [0.25, 0.3) is 0 Å². The van der Waals surface area contributed by atoms with E-state index >= 15 is 0 Å². The van der Waals surface area contributed by atoms with Crippen LogP contribution in [0.3, 0.4) is 0 Å². The van der Waals surface area contributed by atoms with Crippen molar-refractivity contribution >= 4 is 26.0 Å². The second-order valence-electron chi connectivity index (χ2n) is 4.46. The van der Waals surface area contributed by atoms with Gasteiger partial charge in [0.05, 0.1) is 4.90 Å². The molecule has 0 fully saturated rings. The van der Waals surface area contributed by atoms with Crippen LogP contribution in [0.1, 0.15) is 19.3 Å². The van der Waals surface area contributed by atoms with E-state index in [2.05, 4.69) is 32.8 Å². The quantitative estimate of drug-likeness (QED) is 0.863. The van der Waals surface area contributed by atoms with E-state index < -0.39 is 10.0 Å². The molecule has 0 heterocycles. The predicted molar refractivity (Wildman–Crippen MR) is 75.8 cm³/mol. The molecule has 0 aliphatic heterocycles. The normalized spacial score (nSPS) is 19.9. The molecule has 5 heteroatoms. The molecule has 2 rings (SSSR count). The fourth-order valence-electron chi connectivity index (χ4n) is 1.99. The number of hydrogen-bond acceptors (Lipinski definition) is 2. The van der Waals surface area contributed by atoms with Crippen LogP contribution < -0.4 is 4.72 Å². The lowest BCUT2D eigenvalue weighted by atomic mass is 9.95. The molecule has 1 aliphatic carbocycles. The number of benzene rings is 1. The van der Waals surface area contributed by atoms with Gasteiger partial charge in [-0.15, -0.1) is 0 Å². The van der Waals surface area contributed by atoms with Crippen molar-refractivity contribution in [2.45, 2.75) is 24.2 Å². The Morgan fingerprint density at radius 3 is 2.83 bits per heavy atom. The first-order valence-corrected chi connectivity index (χ1v) is 8.26. The van der Waals surface area contributed by atoms with Crippen LogP contribution in [0.15, 0.2) is 45.8 Å². The molecule has 0 bridgehead atoms. The molecular weight excluding hydrogens is 314 g/mol.